The third-order valence-electron chi connectivity index (χ3n) is 2.41. The van der Waals surface area contributed by atoms with Crippen molar-refractivity contribution in [3.05, 3.63) is 0 Å². The first kappa shape index (κ1) is 9.03. The van der Waals surface area contributed by atoms with Crippen LogP contribution >= 0.6 is 0 Å². The van der Waals surface area contributed by atoms with Gasteiger partial charge in [0.05, 0.1) is 14.2 Å². The predicted octanol–water partition coefficient (Wildman–Crippen LogP) is 0.359. The van der Waals surface area contributed by atoms with Crippen LogP contribution in [0.3, 0.4) is 0 Å². The van der Waals surface area contributed by atoms with E-state index in [2.05, 4.69) is 9.47 Å². The number of hydrogen-bond acceptors (Lipinski definition) is 4. The van der Waals surface area contributed by atoms with Gasteiger partial charge in [0.2, 0.25) is 0 Å². The number of rotatable bonds is 2. The van der Waals surface area contributed by atoms with Gasteiger partial charge >= 0.3 is 11.9 Å². The average Bonchev–Trinajstić information content (AvgIpc) is 2.76. The van der Waals surface area contributed by atoms with E-state index in [9.17, 15) is 9.59 Å². The molecule has 0 aromatic carbocycles. The van der Waals surface area contributed by atoms with E-state index in [4.69, 9.17) is 0 Å². The van der Waals surface area contributed by atoms with Gasteiger partial charge in [0.1, 0.15) is 0 Å². The zero-order chi connectivity index (χ0) is 9.35. The monoisotopic (exact) mass is 172 g/mol. The minimum Gasteiger partial charge on any atom is -0.468 e. The normalized spacial score (nSPS) is 24.4. The van der Waals surface area contributed by atoms with Crippen molar-refractivity contribution in [2.75, 3.05) is 14.2 Å². The van der Waals surface area contributed by atoms with Gasteiger partial charge in [0, 0.05) is 0 Å². The quantitative estimate of drug-likeness (QED) is 0.445. The lowest BCUT2D eigenvalue weighted by Crippen LogP contribution is -2.29. The van der Waals surface area contributed by atoms with Gasteiger partial charge in [-0.15, -0.1) is 0 Å². The molecule has 12 heavy (non-hydrogen) atoms. The molecule has 1 saturated carbocycles. The smallest absolute Gasteiger partial charge is 0.323 e. The molecular formula is C8H12O4. The van der Waals surface area contributed by atoms with Gasteiger partial charge in [-0.2, -0.15) is 0 Å². The second-order valence-corrected chi connectivity index (χ2v) is 3.06. The van der Waals surface area contributed by atoms with Crippen LogP contribution in [0.5, 0.6) is 0 Å². The number of hydrogen-bond donors (Lipinski definition) is 0. The molecule has 0 aliphatic heterocycles. The van der Waals surface area contributed by atoms with Crippen LogP contribution in [0.1, 0.15) is 13.3 Å². The Labute approximate surface area is 70.8 Å². The van der Waals surface area contributed by atoms with Gasteiger partial charge in [-0.05, 0) is 12.3 Å². The van der Waals surface area contributed by atoms with Crippen LogP contribution in [0.4, 0.5) is 0 Å². The van der Waals surface area contributed by atoms with Crippen molar-refractivity contribution in [3.63, 3.8) is 0 Å². The number of esters is 2. The van der Waals surface area contributed by atoms with Crippen LogP contribution in [0.25, 0.3) is 0 Å². The number of carbonyl (C=O) groups excluding carboxylic acids is 2. The lowest BCUT2D eigenvalue weighted by atomic mass is 10.1. The summed E-state index contributed by atoms with van der Waals surface area (Å²) < 4.78 is 9.06. The third-order valence-corrected chi connectivity index (χ3v) is 2.41. The van der Waals surface area contributed by atoms with E-state index in [0.29, 0.717) is 6.42 Å². The van der Waals surface area contributed by atoms with E-state index in [1.807, 2.05) is 6.92 Å². The molecule has 0 heterocycles. The van der Waals surface area contributed by atoms with Crippen molar-refractivity contribution in [1.82, 2.24) is 0 Å². The highest BCUT2D eigenvalue weighted by Crippen LogP contribution is 2.53. The second kappa shape index (κ2) is 2.77. The average molecular weight is 172 g/mol. The molecule has 1 rings (SSSR count). The van der Waals surface area contributed by atoms with Gasteiger partial charge in [0.25, 0.3) is 0 Å². The van der Waals surface area contributed by atoms with Crippen LogP contribution < -0.4 is 0 Å². The van der Waals surface area contributed by atoms with Crippen molar-refractivity contribution in [2.45, 2.75) is 13.3 Å². The predicted molar refractivity (Wildman–Crippen MR) is 40.2 cm³/mol. The van der Waals surface area contributed by atoms with E-state index in [1.165, 1.54) is 14.2 Å². The number of ether oxygens (including phenoxy) is 2. The number of carbonyl (C=O) groups is 2. The van der Waals surface area contributed by atoms with E-state index >= 15 is 0 Å². The molecule has 4 heteroatoms. The summed E-state index contributed by atoms with van der Waals surface area (Å²) in [4.78, 5) is 22.4. The van der Waals surface area contributed by atoms with Crippen LogP contribution in [-0.4, -0.2) is 26.2 Å². The van der Waals surface area contributed by atoms with Crippen LogP contribution in [0, 0.1) is 11.3 Å². The third kappa shape index (κ3) is 0.983. The molecule has 1 fully saturated rings. The fourth-order valence-corrected chi connectivity index (χ4v) is 1.44. The second-order valence-electron chi connectivity index (χ2n) is 3.06. The molecule has 0 spiro atoms. The Morgan fingerprint density at radius 3 is 1.75 bits per heavy atom. The Morgan fingerprint density at radius 1 is 1.25 bits per heavy atom. The molecule has 1 aliphatic carbocycles. The van der Waals surface area contributed by atoms with Crippen molar-refractivity contribution >= 4 is 11.9 Å². The Hall–Kier alpha value is -1.06. The van der Waals surface area contributed by atoms with Gasteiger partial charge in [-0.3, -0.25) is 9.59 Å². The van der Waals surface area contributed by atoms with E-state index in [0.717, 1.165) is 0 Å². The summed E-state index contributed by atoms with van der Waals surface area (Å²) in [5.41, 5.74) is -0.997. The number of methoxy groups -OCH3 is 2. The molecule has 0 amide bonds. The lowest BCUT2D eigenvalue weighted by molar-refractivity contribution is -0.162. The molecule has 0 bridgehead atoms. The Balaban J connectivity index is 2.79. The van der Waals surface area contributed by atoms with Crippen LogP contribution in [-0.2, 0) is 19.1 Å². The van der Waals surface area contributed by atoms with Gasteiger partial charge < -0.3 is 9.47 Å². The maximum Gasteiger partial charge on any atom is 0.323 e. The summed E-state index contributed by atoms with van der Waals surface area (Å²) in [5, 5.41) is 0. The minimum absolute atomic E-state index is 0.0393. The van der Waals surface area contributed by atoms with Crippen molar-refractivity contribution in [1.29, 1.82) is 0 Å². The van der Waals surface area contributed by atoms with Crippen molar-refractivity contribution in [2.24, 2.45) is 11.3 Å². The summed E-state index contributed by atoms with van der Waals surface area (Å²) in [6.07, 6.45) is 0.534. The molecule has 1 aliphatic rings. The van der Waals surface area contributed by atoms with Gasteiger partial charge in [-0.1, -0.05) is 6.92 Å². The van der Waals surface area contributed by atoms with E-state index in [1.54, 1.807) is 0 Å². The first-order valence-corrected chi connectivity index (χ1v) is 3.76. The van der Waals surface area contributed by atoms with Crippen molar-refractivity contribution < 1.29 is 19.1 Å². The van der Waals surface area contributed by atoms with E-state index < -0.39 is 17.4 Å². The van der Waals surface area contributed by atoms with Gasteiger partial charge in [0.15, 0.2) is 5.41 Å². The van der Waals surface area contributed by atoms with Crippen molar-refractivity contribution in [3.8, 4) is 0 Å². The fourth-order valence-electron chi connectivity index (χ4n) is 1.44. The Kier molecular flexibility index (Phi) is 2.08. The molecule has 4 nitrogen and oxygen atoms in total. The maximum absolute atomic E-state index is 11.2. The lowest BCUT2D eigenvalue weighted by Gasteiger charge is -2.10. The maximum atomic E-state index is 11.2. The highest BCUT2D eigenvalue weighted by atomic mass is 16.5. The molecule has 1 atom stereocenters. The minimum atomic E-state index is -0.997. The van der Waals surface area contributed by atoms with Gasteiger partial charge in [-0.25, -0.2) is 0 Å². The first-order chi connectivity index (χ1) is 5.59. The SMILES string of the molecule is COC(=O)C1(C(=O)OC)C[C@H]1C. The molecule has 68 valence electrons. The Bertz CT molecular complexity index is 205. The van der Waals surface area contributed by atoms with E-state index in [-0.39, 0.29) is 5.92 Å². The summed E-state index contributed by atoms with van der Waals surface area (Å²) in [6, 6.07) is 0. The van der Waals surface area contributed by atoms with Crippen LogP contribution in [0.15, 0.2) is 0 Å². The summed E-state index contributed by atoms with van der Waals surface area (Å²) in [7, 11) is 2.55. The highest BCUT2D eigenvalue weighted by Gasteiger charge is 2.65. The topological polar surface area (TPSA) is 52.6 Å². The zero-order valence-corrected chi connectivity index (χ0v) is 7.42. The standard InChI is InChI=1S/C8H12O4/c1-5-4-8(5,6(9)11-2)7(10)12-3/h5H,4H2,1-3H3/t5-/m1/s1. The molecule has 0 saturated heterocycles. The molecule has 0 aromatic rings. The molecule has 0 unspecified atom stereocenters. The molecule has 0 aromatic heterocycles. The van der Waals surface area contributed by atoms with Crippen LogP contribution in [0.2, 0.25) is 0 Å². The molecule has 0 N–H and O–H groups in total. The summed E-state index contributed by atoms with van der Waals surface area (Å²) >= 11 is 0. The fraction of sp³-hybridized carbons (Fsp3) is 0.750. The summed E-state index contributed by atoms with van der Waals surface area (Å²) in [5.74, 6) is -0.930. The molecule has 0 radical (unpaired) electrons. The zero-order valence-electron chi connectivity index (χ0n) is 7.42. The summed E-state index contributed by atoms with van der Waals surface area (Å²) in [6.45, 7) is 1.83. The molecular weight excluding hydrogens is 160 g/mol. The first-order valence-electron chi connectivity index (χ1n) is 3.76. The highest BCUT2D eigenvalue weighted by molar-refractivity contribution is 6.03. The largest absolute Gasteiger partial charge is 0.468 e. The Morgan fingerprint density at radius 2 is 1.58 bits per heavy atom.